The van der Waals surface area contributed by atoms with Crippen molar-refractivity contribution in [1.82, 2.24) is 0 Å². The molecule has 0 aliphatic heterocycles. The van der Waals surface area contributed by atoms with Gasteiger partial charge in [0.05, 0.1) is 89.2 Å². The number of rotatable bonds is 18. The van der Waals surface area contributed by atoms with E-state index < -0.39 is 77.3 Å². The van der Waals surface area contributed by atoms with Gasteiger partial charge in [-0.05, 0) is 12.1 Å². The molecule has 41 heavy (non-hydrogen) atoms. The Morgan fingerprint density at radius 3 is 1.41 bits per heavy atom. The van der Waals surface area contributed by atoms with Crippen molar-refractivity contribution in [2.24, 2.45) is 0 Å². The number of aliphatic hydroxyl groups is 2. The van der Waals surface area contributed by atoms with Gasteiger partial charge in [-0.1, -0.05) is 0 Å². The molecular formula is C22H22N4O15. The minimum Gasteiger partial charge on any atom is -0.394 e. The highest BCUT2D eigenvalue weighted by atomic mass is 16.6. The maximum atomic E-state index is 13.4. The normalized spacial score (nSPS) is 11.2. The van der Waals surface area contributed by atoms with Crippen molar-refractivity contribution in [2.75, 3.05) is 46.2 Å². The van der Waals surface area contributed by atoms with Gasteiger partial charge in [-0.15, -0.1) is 0 Å². The monoisotopic (exact) mass is 582 g/mol. The van der Waals surface area contributed by atoms with E-state index in [9.17, 15) is 55.2 Å². The highest BCUT2D eigenvalue weighted by molar-refractivity contribution is 6.24. The van der Waals surface area contributed by atoms with Gasteiger partial charge < -0.3 is 24.4 Å². The zero-order valence-corrected chi connectivity index (χ0v) is 20.9. The Labute approximate surface area is 228 Å². The van der Waals surface area contributed by atoms with Crippen molar-refractivity contribution in [1.29, 1.82) is 0 Å². The first-order valence-electron chi connectivity index (χ1n) is 11.4. The summed E-state index contributed by atoms with van der Waals surface area (Å²) in [6.07, 6.45) is 0. The van der Waals surface area contributed by atoms with Gasteiger partial charge in [0.1, 0.15) is 0 Å². The molecule has 0 radical (unpaired) electrons. The predicted octanol–water partition coefficient (Wildman–Crippen LogP) is 1.16. The number of nitro benzene ring substituents is 4. The van der Waals surface area contributed by atoms with Gasteiger partial charge >= 0.3 is 0 Å². The molecule has 0 spiro atoms. The van der Waals surface area contributed by atoms with Crippen LogP contribution < -0.4 is 0 Å². The molecule has 2 rings (SSSR count). The molecule has 0 bridgehead atoms. The summed E-state index contributed by atoms with van der Waals surface area (Å²) in [5, 5.41) is 65.2. The molecule has 0 atom stereocenters. The third-order valence-corrected chi connectivity index (χ3v) is 5.31. The Hall–Kier alpha value is -4.82. The van der Waals surface area contributed by atoms with Gasteiger partial charge in [0.2, 0.25) is 17.2 Å². The van der Waals surface area contributed by atoms with Crippen molar-refractivity contribution in [3.63, 3.8) is 0 Å². The van der Waals surface area contributed by atoms with Crippen LogP contribution in [-0.2, 0) is 14.2 Å². The number of ketones is 2. The number of ether oxygens (including phenoxy) is 3. The van der Waals surface area contributed by atoms with Crippen LogP contribution in [0.15, 0.2) is 36.4 Å². The minimum atomic E-state index is -3.37. The number of carbonyl (C=O) groups excluding carboxylic acids is 2. The van der Waals surface area contributed by atoms with Crippen LogP contribution in [0.25, 0.3) is 0 Å². The summed E-state index contributed by atoms with van der Waals surface area (Å²) in [7, 11) is 0. The summed E-state index contributed by atoms with van der Waals surface area (Å²) < 4.78 is 15.3. The van der Waals surface area contributed by atoms with Gasteiger partial charge in [-0.2, -0.15) is 0 Å². The SMILES string of the molecule is O=C(c1ccc([N+](=O)[O-])cc1[N+](=O)[O-])C(O)(COCCOCCOCCO)C(=O)c1ccc([N+](=O)[O-])cc1[N+](=O)[O-]. The smallest absolute Gasteiger partial charge is 0.287 e. The molecule has 0 amide bonds. The van der Waals surface area contributed by atoms with Crippen molar-refractivity contribution in [3.05, 3.63) is 88.0 Å². The van der Waals surface area contributed by atoms with Crippen LogP contribution >= 0.6 is 0 Å². The average Bonchev–Trinajstić information content (AvgIpc) is 2.94. The van der Waals surface area contributed by atoms with Crippen LogP contribution in [0.3, 0.4) is 0 Å². The molecule has 0 aliphatic carbocycles. The first-order chi connectivity index (χ1) is 19.3. The van der Waals surface area contributed by atoms with E-state index in [-0.39, 0.29) is 39.6 Å². The lowest BCUT2D eigenvalue weighted by molar-refractivity contribution is -0.394. The third-order valence-electron chi connectivity index (χ3n) is 5.31. The Morgan fingerprint density at radius 2 is 1.05 bits per heavy atom. The Bertz CT molecular complexity index is 1260. The van der Waals surface area contributed by atoms with Crippen LogP contribution in [-0.4, -0.2) is 93.3 Å². The Balaban J connectivity index is 2.48. The fraction of sp³-hybridized carbons (Fsp3) is 0.364. The fourth-order valence-electron chi connectivity index (χ4n) is 3.36. The van der Waals surface area contributed by atoms with Crippen LogP contribution in [0.5, 0.6) is 0 Å². The molecule has 0 saturated heterocycles. The molecule has 19 heteroatoms. The summed E-state index contributed by atoms with van der Waals surface area (Å²) in [5.74, 6) is -3.37. The van der Waals surface area contributed by atoms with Gasteiger partial charge in [-0.25, -0.2) is 0 Å². The van der Waals surface area contributed by atoms with E-state index in [0.29, 0.717) is 36.4 Å². The maximum absolute atomic E-state index is 13.4. The number of benzene rings is 2. The average molecular weight is 582 g/mol. The molecule has 2 aromatic carbocycles. The van der Waals surface area contributed by atoms with Crippen molar-refractivity contribution in [3.8, 4) is 0 Å². The van der Waals surface area contributed by atoms with E-state index in [1.807, 2.05) is 0 Å². The second kappa shape index (κ2) is 14.5. The van der Waals surface area contributed by atoms with Crippen LogP contribution in [0.4, 0.5) is 22.7 Å². The minimum absolute atomic E-state index is 0.0511. The summed E-state index contributed by atoms with van der Waals surface area (Å²) >= 11 is 0. The van der Waals surface area contributed by atoms with E-state index in [1.54, 1.807) is 0 Å². The number of hydrogen-bond donors (Lipinski definition) is 2. The second-order valence-electron chi connectivity index (χ2n) is 7.95. The molecule has 2 N–H and O–H groups in total. The highest BCUT2D eigenvalue weighted by Crippen LogP contribution is 2.33. The summed E-state index contributed by atoms with van der Waals surface area (Å²) in [6, 6.07) is 3.48. The third kappa shape index (κ3) is 8.09. The number of aliphatic hydroxyl groups excluding tert-OH is 1. The Kier molecular flexibility index (Phi) is 11.5. The molecular weight excluding hydrogens is 560 g/mol. The number of non-ortho nitro benzene ring substituents is 2. The van der Waals surface area contributed by atoms with Gasteiger partial charge in [0.15, 0.2) is 0 Å². The summed E-state index contributed by atoms with van der Waals surface area (Å²) in [5.41, 5.74) is -9.16. The van der Waals surface area contributed by atoms with E-state index in [4.69, 9.17) is 19.3 Å². The molecule has 0 aromatic heterocycles. The number of Topliss-reactive ketones (excluding diaryl/α,β-unsaturated/α-hetero) is 2. The lowest BCUT2D eigenvalue weighted by Gasteiger charge is -2.25. The second-order valence-corrected chi connectivity index (χ2v) is 7.95. The maximum Gasteiger partial charge on any atom is 0.287 e. The van der Waals surface area contributed by atoms with Gasteiger partial charge in [0, 0.05) is 12.1 Å². The fourth-order valence-corrected chi connectivity index (χ4v) is 3.36. The molecule has 0 aliphatic rings. The molecule has 19 nitrogen and oxygen atoms in total. The first-order valence-corrected chi connectivity index (χ1v) is 11.4. The van der Waals surface area contributed by atoms with Crippen LogP contribution in [0, 0.1) is 40.5 Å². The zero-order chi connectivity index (χ0) is 30.7. The molecule has 220 valence electrons. The van der Waals surface area contributed by atoms with Crippen molar-refractivity contribution >= 4 is 34.3 Å². The van der Waals surface area contributed by atoms with Crippen molar-refractivity contribution < 1.29 is 53.7 Å². The van der Waals surface area contributed by atoms with Crippen LogP contribution in [0.1, 0.15) is 20.7 Å². The molecule has 0 fully saturated rings. The summed E-state index contributed by atoms with van der Waals surface area (Å²) in [6.45, 7) is -1.73. The van der Waals surface area contributed by atoms with E-state index in [0.717, 1.165) is 0 Å². The molecule has 0 saturated carbocycles. The Morgan fingerprint density at radius 1 is 0.659 bits per heavy atom. The quantitative estimate of drug-likeness (QED) is 0.0820. The lowest BCUT2D eigenvalue weighted by atomic mass is 9.84. The van der Waals surface area contributed by atoms with Crippen molar-refractivity contribution in [2.45, 2.75) is 5.60 Å². The topological polar surface area (TPSA) is 275 Å². The number of nitro groups is 4. The number of hydrogen-bond acceptors (Lipinski definition) is 15. The van der Waals surface area contributed by atoms with Gasteiger partial charge in [0.25, 0.3) is 22.7 Å². The standard InChI is InChI=1S/C22H22N4O15/c27-5-6-39-7-8-40-9-10-41-13-22(30,20(28)16-3-1-14(23(31)32)11-18(16)25(35)36)21(29)17-4-2-15(24(33)34)12-19(17)26(37)38/h1-4,11-12,27,30H,5-10,13H2. The zero-order valence-electron chi connectivity index (χ0n) is 20.9. The lowest BCUT2D eigenvalue weighted by Crippen LogP contribution is -2.51. The van der Waals surface area contributed by atoms with Crippen LogP contribution in [0.2, 0.25) is 0 Å². The van der Waals surface area contributed by atoms with E-state index >= 15 is 0 Å². The molecule has 0 unspecified atom stereocenters. The largest absolute Gasteiger partial charge is 0.394 e. The predicted molar refractivity (Wildman–Crippen MR) is 133 cm³/mol. The van der Waals surface area contributed by atoms with E-state index in [1.165, 1.54) is 0 Å². The molecule has 2 aromatic rings. The molecule has 0 heterocycles. The van der Waals surface area contributed by atoms with E-state index in [2.05, 4.69) is 0 Å². The first kappa shape index (κ1) is 32.4. The number of nitrogens with zero attached hydrogens (tertiary/aromatic N) is 4. The number of carbonyl (C=O) groups is 2. The summed E-state index contributed by atoms with van der Waals surface area (Å²) in [4.78, 5) is 67.8. The van der Waals surface area contributed by atoms with Gasteiger partial charge in [-0.3, -0.25) is 50.0 Å². The highest BCUT2D eigenvalue weighted by Gasteiger charge is 2.49.